The number of nitro benzene ring substituents is 1. The number of hydrogen-bond acceptors (Lipinski definition) is 5. The Morgan fingerprint density at radius 3 is 2.80 bits per heavy atom. The lowest BCUT2D eigenvalue weighted by atomic mass is 9.82. The van der Waals surface area contributed by atoms with Crippen LogP contribution in [0.2, 0.25) is 0 Å². The van der Waals surface area contributed by atoms with Crippen molar-refractivity contribution in [3.8, 4) is 5.75 Å². The maximum atomic E-state index is 12.1. The Morgan fingerprint density at radius 2 is 2.25 bits per heavy atom. The maximum Gasteiger partial charge on any atom is 0.285 e. The van der Waals surface area contributed by atoms with Crippen molar-refractivity contribution in [1.82, 2.24) is 5.32 Å². The summed E-state index contributed by atoms with van der Waals surface area (Å²) in [5.41, 5.74) is -0.352. The molecular weight excluding hydrogens is 264 g/mol. The van der Waals surface area contributed by atoms with Crippen LogP contribution in [0.1, 0.15) is 23.2 Å². The van der Waals surface area contributed by atoms with E-state index in [2.05, 4.69) is 5.32 Å². The van der Waals surface area contributed by atoms with E-state index >= 15 is 0 Å². The predicted octanol–water partition coefficient (Wildman–Crippen LogP) is 1.10. The van der Waals surface area contributed by atoms with E-state index in [9.17, 15) is 20.0 Å². The van der Waals surface area contributed by atoms with Crippen molar-refractivity contribution < 1.29 is 19.6 Å². The van der Waals surface area contributed by atoms with Gasteiger partial charge in [0.15, 0.2) is 5.56 Å². The number of carbonyl (C=O) groups excluding carboxylic acids is 1. The number of aliphatic hydroxyl groups is 1. The van der Waals surface area contributed by atoms with E-state index < -0.39 is 10.8 Å². The molecule has 0 unspecified atom stereocenters. The van der Waals surface area contributed by atoms with Crippen LogP contribution in [0.4, 0.5) is 5.69 Å². The molecule has 7 heteroatoms. The fourth-order valence-electron chi connectivity index (χ4n) is 2.26. The first-order valence-electron chi connectivity index (χ1n) is 6.30. The Bertz CT molecular complexity index is 525. The Hall–Kier alpha value is -2.15. The molecule has 0 aromatic heterocycles. The summed E-state index contributed by atoms with van der Waals surface area (Å²) < 4.78 is 5.02. The summed E-state index contributed by atoms with van der Waals surface area (Å²) in [5, 5.41) is 22.8. The fraction of sp³-hybridized carbons (Fsp3) is 0.462. The minimum Gasteiger partial charge on any atom is -0.496 e. The van der Waals surface area contributed by atoms with E-state index in [1.807, 2.05) is 0 Å². The van der Waals surface area contributed by atoms with Crippen LogP contribution in [-0.4, -0.2) is 35.7 Å². The van der Waals surface area contributed by atoms with Gasteiger partial charge in [0.1, 0.15) is 5.75 Å². The highest BCUT2D eigenvalue weighted by Gasteiger charge is 2.29. The Balaban J connectivity index is 2.13. The number of hydrogen-bond donors (Lipinski definition) is 2. The number of carbonyl (C=O) groups is 1. The van der Waals surface area contributed by atoms with Crippen molar-refractivity contribution in [1.29, 1.82) is 0 Å². The molecule has 20 heavy (non-hydrogen) atoms. The molecule has 1 amide bonds. The second-order valence-electron chi connectivity index (χ2n) is 4.81. The van der Waals surface area contributed by atoms with Gasteiger partial charge in [0, 0.05) is 12.6 Å². The molecule has 0 saturated heterocycles. The number of nitro groups is 1. The van der Waals surface area contributed by atoms with Crippen LogP contribution in [0.3, 0.4) is 0 Å². The quantitative estimate of drug-likeness (QED) is 0.621. The van der Waals surface area contributed by atoms with Gasteiger partial charge >= 0.3 is 0 Å². The van der Waals surface area contributed by atoms with Gasteiger partial charge in [-0.3, -0.25) is 14.9 Å². The summed E-state index contributed by atoms with van der Waals surface area (Å²) in [6.07, 6.45) is 1.00. The number of benzene rings is 1. The summed E-state index contributed by atoms with van der Waals surface area (Å²) in [6.45, 7) is 0.394. The van der Waals surface area contributed by atoms with Gasteiger partial charge < -0.3 is 15.2 Å². The minimum atomic E-state index is -0.607. The van der Waals surface area contributed by atoms with Crippen molar-refractivity contribution in [2.24, 2.45) is 5.92 Å². The third kappa shape index (κ3) is 2.88. The van der Waals surface area contributed by atoms with Gasteiger partial charge in [-0.05, 0) is 24.8 Å². The highest BCUT2D eigenvalue weighted by atomic mass is 16.6. The van der Waals surface area contributed by atoms with Gasteiger partial charge in [-0.1, -0.05) is 6.07 Å². The number of nitrogens with one attached hydrogen (secondary N) is 1. The van der Waals surface area contributed by atoms with Crippen LogP contribution in [0.15, 0.2) is 18.2 Å². The van der Waals surface area contributed by atoms with Gasteiger partial charge in [-0.15, -0.1) is 0 Å². The summed E-state index contributed by atoms with van der Waals surface area (Å²) in [5.74, 6) is -0.136. The summed E-state index contributed by atoms with van der Waals surface area (Å²) in [7, 11) is 1.36. The van der Waals surface area contributed by atoms with Crippen molar-refractivity contribution >= 4 is 11.6 Å². The highest BCUT2D eigenvalue weighted by Crippen LogP contribution is 2.29. The molecule has 1 aliphatic carbocycles. The zero-order valence-electron chi connectivity index (χ0n) is 11.0. The molecule has 0 radical (unpaired) electrons. The number of nitrogens with zero attached hydrogens (tertiary/aromatic N) is 1. The summed E-state index contributed by atoms with van der Waals surface area (Å²) in [4.78, 5) is 22.5. The SMILES string of the molecule is COc1cccc([N+](=O)[O-])c1C(=O)NCC1CC(O)C1. The molecule has 1 aromatic rings. The molecule has 2 rings (SSSR count). The molecule has 0 bridgehead atoms. The molecule has 1 aromatic carbocycles. The second kappa shape index (κ2) is 5.87. The van der Waals surface area contributed by atoms with E-state index in [-0.39, 0.29) is 29.0 Å². The van der Waals surface area contributed by atoms with Gasteiger partial charge in [0.2, 0.25) is 0 Å². The first kappa shape index (κ1) is 14.3. The molecule has 0 spiro atoms. The van der Waals surface area contributed by atoms with Crippen LogP contribution < -0.4 is 10.1 Å². The lowest BCUT2D eigenvalue weighted by Gasteiger charge is -2.31. The van der Waals surface area contributed by atoms with Crippen LogP contribution in [-0.2, 0) is 0 Å². The Kier molecular flexibility index (Phi) is 4.19. The lowest BCUT2D eigenvalue weighted by molar-refractivity contribution is -0.385. The molecule has 0 atom stereocenters. The molecule has 1 fully saturated rings. The molecule has 7 nitrogen and oxygen atoms in total. The maximum absolute atomic E-state index is 12.1. The third-order valence-electron chi connectivity index (χ3n) is 3.41. The van der Waals surface area contributed by atoms with Crippen molar-refractivity contribution in [3.63, 3.8) is 0 Å². The first-order chi connectivity index (χ1) is 9.52. The van der Waals surface area contributed by atoms with Crippen LogP contribution in [0.5, 0.6) is 5.75 Å². The molecule has 2 N–H and O–H groups in total. The molecule has 0 aliphatic heterocycles. The summed E-state index contributed by atoms with van der Waals surface area (Å²) in [6, 6.07) is 4.25. The number of amides is 1. The third-order valence-corrected chi connectivity index (χ3v) is 3.41. The number of aliphatic hydroxyl groups excluding tert-OH is 1. The number of methoxy groups -OCH3 is 1. The molecular formula is C13H16N2O5. The standard InChI is InChI=1S/C13H16N2O5/c1-20-11-4-2-3-10(15(18)19)12(11)13(17)14-7-8-5-9(16)6-8/h2-4,8-9,16H,5-7H2,1H3,(H,14,17). The topological polar surface area (TPSA) is 102 Å². The average molecular weight is 280 g/mol. The smallest absolute Gasteiger partial charge is 0.285 e. The van der Waals surface area contributed by atoms with Gasteiger partial charge in [-0.2, -0.15) is 0 Å². The van der Waals surface area contributed by atoms with E-state index in [1.54, 1.807) is 0 Å². The monoisotopic (exact) mass is 280 g/mol. The number of rotatable bonds is 5. The zero-order chi connectivity index (χ0) is 14.7. The van der Waals surface area contributed by atoms with Crippen LogP contribution in [0, 0.1) is 16.0 Å². The Labute approximate surface area is 115 Å². The second-order valence-corrected chi connectivity index (χ2v) is 4.81. The molecule has 108 valence electrons. The normalized spacial score (nSPS) is 20.9. The van der Waals surface area contributed by atoms with E-state index in [4.69, 9.17) is 4.74 Å². The molecule has 0 heterocycles. The molecule has 1 aliphatic rings. The van der Waals surface area contributed by atoms with E-state index in [1.165, 1.54) is 25.3 Å². The van der Waals surface area contributed by atoms with E-state index in [0.717, 1.165) is 0 Å². The van der Waals surface area contributed by atoms with Crippen molar-refractivity contribution in [2.45, 2.75) is 18.9 Å². The fourth-order valence-corrected chi connectivity index (χ4v) is 2.26. The number of ether oxygens (including phenoxy) is 1. The van der Waals surface area contributed by atoms with Crippen LogP contribution >= 0.6 is 0 Å². The van der Waals surface area contributed by atoms with Gasteiger partial charge in [-0.25, -0.2) is 0 Å². The van der Waals surface area contributed by atoms with E-state index in [0.29, 0.717) is 19.4 Å². The first-order valence-corrected chi connectivity index (χ1v) is 6.30. The highest BCUT2D eigenvalue weighted by molar-refractivity contribution is 6.00. The zero-order valence-corrected chi connectivity index (χ0v) is 11.0. The van der Waals surface area contributed by atoms with Gasteiger partial charge in [0.25, 0.3) is 11.6 Å². The Morgan fingerprint density at radius 1 is 1.55 bits per heavy atom. The minimum absolute atomic E-state index is 0.0696. The van der Waals surface area contributed by atoms with Gasteiger partial charge in [0.05, 0.1) is 18.1 Å². The summed E-state index contributed by atoms with van der Waals surface area (Å²) >= 11 is 0. The molecule has 1 saturated carbocycles. The largest absolute Gasteiger partial charge is 0.496 e. The average Bonchev–Trinajstić information content (AvgIpc) is 2.40. The van der Waals surface area contributed by atoms with Crippen molar-refractivity contribution in [2.75, 3.05) is 13.7 Å². The van der Waals surface area contributed by atoms with Crippen molar-refractivity contribution in [3.05, 3.63) is 33.9 Å². The van der Waals surface area contributed by atoms with Crippen LogP contribution in [0.25, 0.3) is 0 Å². The predicted molar refractivity (Wildman–Crippen MR) is 70.7 cm³/mol. The lowest BCUT2D eigenvalue weighted by Crippen LogP contribution is -2.38.